The van der Waals surface area contributed by atoms with Gasteiger partial charge in [-0.2, -0.15) is 5.10 Å². The zero-order chi connectivity index (χ0) is 15.1. The average molecular weight is 287 g/mol. The molecule has 21 heavy (non-hydrogen) atoms. The first-order valence-electron chi connectivity index (χ1n) is 7.39. The van der Waals surface area contributed by atoms with Crippen LogP contribution < -0.4 is 5.32 Å². The van der Waals surface area contributed by atoms with E-state index in [4.69, 9.17) is 4.74 Å². The summed E-state index contributed by atoms with van der Waals surface area (Å²) in [7, 11) is 1.75. The molecule has 0 aliphatic carbocycles. The highest BCUT2D eigenvalue weighted by atomic mass is 16.5. The number of nitrogens with zero attached hydrogens (tertiary/aromatic N) is 2. The summed E-state index contributed by atoms with van der Waals surface area (Å²) in [6.45, 7) is 7.12. The topological polar surface area (TPSA) is 39.1 Å². The molecule has 0 bridgehead atoms. The van der Waals surface area contributed by atoms with Crippen molar-refractivity contribution in [3.8, 4) is 5.69 Å². The van der Waals surface area contributed by atoms with Crippen molar-refractivity contribution >= 4 is 0 Å². The van der Waals surface area contributed by atoms with Crippen LogP contribution in [-0.4, -0.2) is 30.0 Å². The van der Waals surface area contributed by atoms with Crippen LogP contribution in [0.1, 0.15) is 25.8 Å². The van der Waals surface area contributed by atoms with Crippen molar-refractivity contribution in [1.29, 1.82) is 0 Å². The van der Waals surface area contributed by atoms with E-state index in [-0.39, 0.29) is 5.41 Å². The molecule has 114 valence electrons. The highest BCUT2D eigenvalue weighted by molar-refractivity contribution is 5.30. The van der Waals surface area contributed by atoms with Crippen LogP contribution in [-0.2, 0) is 11.3 Å². The molecule has 0 aliphatic rings. The standard InChI is InChI=1S/C17H25N3O/c1-17(2,9-10-21-3)14-18-11-15-12-19-20(13-15)16-7-5-4-6-8-16/h4-8,12-13,18H,9-11,14H2,1-3H3. The van der Waals surface area contributed by atoms with Crippen molar-refractivity contribution in [2.24, 2.45) is 5.41 Å². The maximum atomic E-state index is 5.15. The fraction of sp³-hybridized carbons (Fsp3) is 0.471. The Morgan fingerprint density at radius 2 is 2.00 bits per heavy atom. The van der Waals surface area contributed by atoms with E-state index in [9.17, 15) is 0 Å². The monoisotopic (exact) mass is 287 g/mol. The molecule has 0 aliphatic heterocycles. The molecule has 1 heterocycles. The smallest absolute Gasteiger partial charge is 0.0645 e. The zero-order valence-electron chi connectivity index (χ0n) is 13.2. The van der Waals surface area contributed by atoms with Crippen LogP contribution in [0, 0.1) is 5.41 Å². The van der Waals surface area contributed by atoms with Gasteiger partial charge in [0.05, 0.1) is 11.9 Å². The number of nitrogens with one attached hydrogen (secondary N) is 1. The number of ether oxygens (including phenoxy) is 1. The summed E-state index contributed by atoms with van der Waals surface area (Å²) in [5.74, 6) is 0. The predicted molar refractivity (Wildman–Crippen MR) is 85.5 cm³/mol. The molecule has 1 aromatic heterocycles. The quantitative estimate of drug-likeness (QED) is 0.811. The van der Waals surface area contributed by atoms with Gasteiger partial charge in [-0.05, 0) is 24.0 Å². The largest absolute Gasteiger partial charge is 0.385 e. The SMILES string of the molecule is COCCC(C)(C)CNCc1cnn(-c2ccccc2)c1. The molecular formula is C17H25N3O. The third kappa shape index (κ3) is 4.99. The Bertz CT molecular complexity index is 534. The molecule has 0 radical (unpaired) electrons. The summed E-state index contributed by atoms with van der Waals surface area (Å²) < 4.78 is 7.06. The van der Waals surface area contributed by atoms with Gasteiger partial charge in [-0.3, -0.25) is 0 Å². The lowest BCUT2D eigenvalue weighted by Gasteiger charge is -2.24. The minimum absolute atomic E-state index is 0.242. The van der Waals surface area contributed by atoms with Crippen LogP contribution >= 0.6 is 0 Å². The van der Waals surface area contributed by atoms with E-state index < -0.39 is 0 Å². The Kier molecular flexibility index (Phi) is 5.53. The van der Waals surface area contributed by atoms with Gasteiger partial charge < -0.3 is 10.1 Å². The fourth-order valence-electron chi connectivity index (χ4n) is 2.19. The maximum Gasteiger partial charge on any atom is 0.0645 e. The first-order chi connectivity index (χ1) is 10.1. The molecule has 0 spiro atoms. The van der Waals surface area contributed by atoms with E-state index in [1.807, 2.05) is 29.1 Å². The first-order valence-corrected chi connectivity index (χ1v) is 7.39. The van der Waals surface area contributed by atoms with Gasteiger partial charge in [-0.15, -0.1) is 0 Å². The van der Waals surface area contributed by atoms with E-state index in [1.165, 1.54) is 5.56 Å². The predicted octanol–water partition coefficient (Wildman–Crippen LogP) is 3.02. The van der Waals surface area contributed by atoms with Crippen molar-refractivity contribution in [2.45, 2.75) is 26.8 Å². The van der Waals surface area contributed by atoms with Gasteiger partial charge in [0, 0.05) is 38.6 Å². The second kappa shape index (κ2) is 7.38. The molecule has 0 amide bonds. The summed E-state index contributed by atoms with van der Waals surface area (Å²) in [6.07, 6.45) is 5.05. The van der Waals surface area contributed by atoms with Gasteiger partial charge in [-0.1, -0.05) is 32.0 Å². The lowest BCUT2D eigenvalue weighted by Crippen LogP contribution is -2.30. The van der Waals surface area contributed by atoms with E-state index >= 15 is 0 Å². The van der Waals surface area contributed by atoms with E-state index in [0.717, 1.165) is 31.8 Å². The molecule has 1 aromatic carbocycles. The van der Waals surface area contributed by atoms with Gasteiger partial charge in [0.25, 0.3) is 0 Å². The molecule has 0 saturated heterocycles. The molecule has 0 fully saturated rings. The molecule has 0 saturated carbocycles. The van der Waals surface area contributed by atoms with Crippen molar-refractivity contribution in [3.63, 3.8) is 0 Å². The maximum absolute atomic E-state index is 5.15. The molecule has 4 nitrogen and oxygen atoms in total. The second-order valence-corrected chi connectivity index (χ2v) is 6.14. The highest BCUT2D eigenvalue weighted by Gasteiger charge is 2.16. The number of hydrogen-bond donors (Lipinski definition) is 1. The Hall–Kier alpha value is -1.65. The van der Waals surface area contributed by atoms with Crippen LogP contribution in [0.4, 0.5) is 0 Å². The molecule has 0 unspecified atom stereocenters. The molecule has 2 aromatic rings. The van der Waals surface area contributed by atoms with Crippen LogP contribution in [0.15, 0.2) is 42.7 Å². The van der Waals surface area contributed by atoms with E-state index in [2.05, 4.69) is 42.6 Å². The highest BCUT2D eigenvalue weighted by Crippen LogP contribution is 2.19. The number of rotatable bonds is 8. The molecule has 1 N–H and O–H groups in total. The Labute approximate surface area is 127 Å². The summed E-state index contributed by atoms with van der Waals surface area (Å²) in [5.41, 5.74) is 2.52. The summed E-state index contributed by atoms with van der Waals surface area (Å²) in [4.78, 5) is 0. The van der Waals surface area contributed by atoms with Gasteiger partial charge in [0.15, 0.2) is 0 Å². The van der Waals surface area contributed by atoms with Crippen molar-refractivity contribution in [1.82, 2.24) is 15.1 Å². The van der Waals surface area contributed by atoms with E-state index in [0.29, 0.717) is 0 Å². The summed E-state index contributed by atoms with van der Waals surface area (Å²) in [5, 5.41) is 7.91. The molecule has 0 atom stereocenters. The van der Waals surface area contributed by atoms with Crippen LogP contribution in [0.2, 0.25) is 0 Å². The van der Waals surface area contributed by atoms with Gasteiger partial charge in [0.2, 0.25) is 0 Å². The van der Waals surface area contributed by atoms with Gasteiger partial charge >= 0.3 is 0 Å². The number of aromatic nitrogens is 2. The molecule has 2 rings (SSSR count). The Morgan fingerprint density at radius 3 is 2.71 bits per heavy atom. The van der Waals surface area contributed by atoms with Crippen molar-refractivity contribution in [3.05, 3.63) is 48.3 Å². The number of hydrogen-bond acceptors (Lipinski definition) is 3. The Morgan fingerprint density at radius 1 is 1.24 bits per heavy atom. The summed E-state index contributed by atoms with van der Waals surface area (Å²) in [6, 6.07) is 10.2. The third-order valence-corrected chi connectivity index (χ3v) is 3.57. The number of methoxy groups -OCH3 is 1. The summed E-state index contributed by atoms with van der Waals surface area (Å²) >= 11 is 0. The van der Waals surface area contributed by atoms with Crippen molar-refractivity contribution < 1.29 is 4.74 Å². The van der Waals surface area contributed by atoms with E-state index in [1.54, 1.807) is 7.11 Å². The fourth-order valence-corrected chi connectivity index (χ4v) is 2.19. The van der Waals surface area contributed by atoms with Crippen LogP contribution in [0.3, 0.4) is 0 Å². The third-order valence-electron chi connectivity index (χ3n) is 3.57. The van der Waals surface area contributed by atoms with Crippen molar-refractivity contribution in [2.75, 3.05) is 20.3 Å². The minimum Gasteiger partial charge on any atom is -0.385 e. The van der Waals surface area contributed by atoms with Crippen LogP contribution in [0.5, 0.6) is 0 Å². The minimum atomic E-state index is 0.242. The number of para-hydroxylation sites is 1. The Balaban J connectivity index is 1.83. The van der Waals surface area contributed by atoms with Gasteiger partial charge in [-0.25, -0.2) is 4.68 Å². The first kappa shape index (κ1) is 15.7. The zero-order valence-corrected chi connectivity index (χ0v) is 13.2. The van der Waals surface area contributed by atoms with Crippen LogP contribution in [0.25, 0.3) is 5.69 Å². The second-order valence-electron chi connectivity index (χ2n) is 6.14. The average Bonchev–Trinajstić information content (AvgIpc) is 2.95. The lowest BCUT2D eigenvalue weighted by molar-refractivity contribution is 0.150. The normalized spacial score (nSPS) is 11.8. The van der Waals surface area contributed by atoms with Gasteiger partial charge in [0.1, 0.15) is 0 Å². The molecular weight excluding hydrogens is 262 g/mol. The lowest BCUT2D eigenvalue weighted by atomic mass is 9.90. The molecule has 4 heteroatoms. The number of benzene rings is 1.